The maximum absolute atomic E-state index is 5.49. The largest absolute Gasteiger partial charge is 0.495 e. The Balaban J connectivity index is 2.70. The molecule has 0 fully saturated rings. The van der Waals surface area contributed by atoms with Gasteiger partial charge in [-0.1, -0.05) is 12.5 Å². The van der Waals surface area contributed by atoms with Crippen LogP contribution in [0.3, 0.4) is 0 Å². The topological polar surface area (TPSA) is 39.4 Å². The minimum Gasteiger partial charge on any atom is -0.495 e. The maximum atomic E-state index is 5.49. The predicted octanol–water partition coefficient (Wildman–Crippen LogP) is 3.42. The number of benzene rings is 1. The normalized spacial score (nSPS) is 10.0. The predicted molar refractivity (Wildman–Crippen MR) is 86.2 cm³/mol. The monoisotopic (exact) mass is 279 g/mol. The zero-order valence-corrected chi connectivity index (χ0v) is 12.5. The Bertz CT molecular complexity index is 763. The Kier molecular flexibility index (Phi) is 3.95. The van der Waals surface area contributed by atoms with Crippen molar-refractivity contribution in [1.29, 1.82) is 0 Å². The summed E-state index contributed by atoms with van der Waals surface area (Å²) in [5.74, 6) is 3.78. The van der Waals surface area contributed by atoms with Crippen LogP contribution in [-0.2, 0) is 4.74 Å². The molecule has 0 aliphatic carbocycles. The number of nitrogens with zero attached hydrogens (tertiary/aromatic N) is 3. The lowest BCUT2D eigenvalue weighted by Gasteiger charge is -2.06. The first kappa shape index (κ1) is 14.6. The SMILES string of the molecule is C#Cc1cc(C)cc(-n2nc(C(=C)OC)c(C)c2N=C)c1. The summed E-state index contributed by atoms with van der Waals surface area (Å²) in [6.45, 7) is 11.4. The Morgan fingerprint density at radius 1 is 1.38 bits per heavy atom. The molecule has 0 saturated carbocycles. The van der Waals surface area contributed by atoms with E-state index in [2.05, 4.69) is 29.3 Å². The number of hydrogen-bond acceptors (Lipinski definition) is 3. The second kappa shape index (κ2) is 5.68. The van der Waals surface area contributed by atoms with E-state index < -0.39 is 0 Å². The molecule has 4 heteroatoms. The van der Waals surface area contributed by atoms with Crippen molar-refractivity contribution in [2.75, 3.05) is 7.11 Å². The molecule has 1 aromatic heterocycles. The third kappa shape index (κ3) is 2.59. The summed E-state index contributed by atoms with van der Waals surface area (Å²) in [5, 5.41) is 4.53. The number of aromatic nitrogens is 2. The number of ether oxygens (including phenoxy) is 1. The number of methoxy groups -OCH3 is 1. The van der Waals surface area contributed by atoms with Gasteiger partial charge in [0.1, 0.15) is 11.5 Å². The molecule has 0 radical (unpaired) electrons. The quantitative estimate of drug-likeness (QED) is 0.489. The van der Waals surface area contributed by atoms with Gasteiger partial charge in [0.25, 0.3) is 0 Å². The summed E-state index contributed by atoms with van der Waals surface area (Å²) in [6, 6.07) is 5.81. The highest BCUT2D eigenvalue weighted by molar-refractivity contribution is 5.65. The van der Waals surface area contributed by atoms with E-state index in [-0.39, 0.29) is 0 Å². The molecule has 0 amide bonds. The molecule has 0 aliphatic heterocycles. The van der Waals surface area contributed by atoms with Crippen molar-refractivity contribution in [1.82, 2.24) is 9.78 Å². The van der Waals surface area contributed by atoms with Gasteiger partial charge in [-0.3, -0.25) is 0 Å². The number of rotatable bonds is 4. The first-order chi connectivity index (χ1) is 10.0. The fourth-order valence-corrected chi connectivity index (χ4v) is 2.18. The molecule has 1 aromatic carbocycles. The van der Waals surface area contributed by atoms with Crippen LogP contribution in [0.2, 0.25) is 0 Å². The van der Waals surface area contributed by atoms with Crippen LogP contribution in [0.5, 0.6) is 0 Å². The van der Waals surface area contributed by atoms with Crippen LogP contribution >= 0.6 is 0 Å². The average Bonchev–Trinajstić information content (AvgIpc) is 2.82. The van der Waals surface area contributed by atoms with E-state index in [1.165, 1.54) is 0 Å². The van der Waals surface area contributed by atoms with Gasteiger partial charge in [-0.05, 0) is 44.3 Å². The van der Waals surface area contributed by atoms with Crippen LogP contribution in [0.25, 0.3) is 11.4 Å². The van der Waals surface area contributed by atoms with Crippen molar-refractivity contribution < 1.29 is 4.74 Å². The fourth-order valence-electron chi connectivity index (χ4n) is 2.18. The molecule has 0 bridgehead atoms. The standard InChI is InChI=1S/C17H17N3O/c1-7-14-8-11(2)9-15(10-14)20-17(18-5)12(3)16(19-20)13(4)21-6/h1,8-10H,4-5H2,2-3,6H3. The van der Waals surface area contributed by atoms with E-state index in [0.29, 0.717) is 17.3 Å². The van der Waals surface area contributed by atoms with E-state index >= 15 is 0 Å². The summed E-state index contributed by atoms with van der Waals surface area (Å²) in [5.41, 5.74) is 4.20. The van der Waals surface area contributed by atoms with Crippen molar-refractivity contribution in [3.8, 4) is 18.0 Å². The molecule has 0 N–H and O–H groups in total. The molecule has 106 valence electrons. The molecule has 1 heterocycles. The molecule has 4 nitrogen and oxygen atoms in total. The zero-order chi connectivity index (χ0) is 15.6. The van der Waals surface area contributed by atoms with Gasteiger partial charge in [-0.2, -0.15) is 5.10 Å². The number of aryl methyl sites for hydroxylation is 1. The van der Waals surface area contributed by atoms with Gasteiger partial charge in [-0.15, -0.1) is 6.42 Å². The van der Waals surface area contributed by atoms with E-state index in [0.717, 1.165) is 22.4 Å². The second-order valence-electron chi connectivity index (χ2n) is 4.70. The molecule has 2 aromatic rings. The molecule has 0 spiro atoms. The van der Waals surface area contributed by atoms with E-state index in [9.17, 15) is 0 Å². The van der Waals surface area contributed by atoms with E-state index in [1.54, 1.807) is 11.8 Å². The number of terminal acetylenes is 1. The van der Waals surface area contributed by atoms with Gasteiger partial charge < -0.3 is 4.74 Å². The summed E-state index contributed by atoms with van der Waals surface area (Å²) < 4.78 is 6.87. The highest BCUT2D eigenvalue weighted by atomic mass is 16.5. The van der Waals surface area contributed by atoms with Crippen molar-refractivity contribution in [3.05, 3.63) is 47.2 Å². The molecular weight excluding hydrogens is 262 g/mol. The fraction of sp³-hybridized carbons (Fsp3) is 0.176. The highest BCUT2D eigenvalue weighted by Crippen LogP contribution is 2.29. The van der Waals surface area contributed by atoms with Gasteiger partial charge in [0.05, 0.1) is 12.8 Å². The van der Waals surface area contributed by atoms with Crippen LogP contribution in [0, 0.1) is 26.2 Å². The van der Waals surface area contributed by atoms with Crippen molar-refractivity contribution in [2.45, 2.75) is 13.8 Å². The van der Waals surface area contributed by atoms with Gasteiger partial charge in [0, 0.05) is 11.1 Å². The van der Waals surface area contributed by atoms with E-state index in [4.69, 9.17) is 11.2 Å². The third-order valence-corrected chi connectivity index (χ3v) is 3.22. The average molecular weight is 279 g/mol. The van der Waals surface area contributed by atoms with Gasteiger partial charge >= 0.3 is 0 Å². The molecule has 0 aliphatic rings. The Morgan fingerprint density at radius 3 is 2.67 bits per heavy atom. The maximum Gasteiger partial charge on any atom is 0.158 e. The Labute approximate surface area is 124 Å². The lowest BCUT2D eigenvalue weighted by Crippen LogP contribution is -1.98. The molecule has 0 saturated heterocycles. The van der Waals surface area contributed by atoms with Crippen molar-refractivity contribution in [2.24, 2.45) is 4.99 Å². The summed E-state index contributed by atoms with van der Waals surface area (Å²) >= 11 is 0. The molecule has 21 heavy (non-hydrogen) atoms. The first-order valence-electron chi connectivity index (χ1n) is 6.40. The molecular formula is C17H17N3O. The van der Waals surface area contributed by atoms with Crippen molar-refractivity contribution >= 4 is 18.3 Å². The Morgan fingerprint density at radius 2 is 2.10 bits per heavy atom. The number of aliphatic imine (C=N–C) groups is 1. The van der Waals surface area contributed by atoms with Crippen LogP contribution in [0.1, 0.15) is 22.4 Å². The highest BCUT2D eigenvalue weighted by Gasteiger charge is 2.17. The third-order valence-electron chi connectivity index (χ3n) is 3.22. The first-order valence-corrected chi connectivity index (χ1v) is 6.40. The minimum absolute atomic E-state index is 0.487. The zero-order valence-electron chi connectivity index (χ0n) is 12.5. The minimum atomic E-state index is 0.487. The number of hydrogen-bond donors (Lipinski definition) is 0. The van der Waals surface area contributed by atoms with Crippen LogP contribution < -0.4 is 0 Å². The van der Waals surface area contributed by atoms with Gasteiger partial charge in [0.2, 0.25) is 0 Å². The van der Waals surface area contributed by atoms with Gasteiger partial charge in [0.15, 0.2) is 5.82 Å². The lowest BCUT2D eigenvalue weighted by molar-refractivity contribution is 0.369. The molecule has 2 rings (SSSR count). The smallest absolute Gasteiger partial charge is 0.158 e. The lowest BCUT2D eigenvalue weighted by atomic mass is 10.1. The Hall–Kier alpha value is -2.80. The second-order valence-corrected chi connectivity index (χ2v) is 4.70. The molecule has 0 atom stereocenters. The van der Waals surface area contributed by atoms with E-state index in [1.807, 2.05) is 32.0 Å². The van der Waals surface area contributed by atoms with Gasteiger partial charge in [-0.25, -0.2) is 9.67 Å². The summed E-state index contributed by atoms with van der Waals surface area (Å²) in [6.07, 6.45) is 5.49. The van der Waals surface area contributed by atoms with Crippen LogP contribution in [0.4, 0.5) is 5.82 Å². The summed E-state index contributed by atoms with van der Waals surface area (Å²) in [7, 11) is 1.56. The van der Waals surface area contributed by atoms with Crippen LogP contribution in [0.15, 0.2) is 29.8 Å². The summed E-state index contributed by atoms with van der Waals surface area (Å²) in [4.78, 5) is 4.07. The van der Waals surface area contributed by atoms with Crippen LogP contribution in [-0.4, -0.2) is 23.6 Å². The molecule has 0 unspecified atom stereocenters. The van der Waals surface area contributed by atoms with Crippen molar-refractivity contribution in [3.63, 3.8) is 0 Å².